The molecule has 0 fully saturated rings. The van der Waals surface area contributed by atoms with Crippen molar-refractivity contribution in [2.45, 2.75) is 45.2 Å². The summed E-state index contributed by atoms with van der Waals surface area (Å²) in [5.74, 6) is -1.56. The summed E-state index contributed by atoms with van der Waals surface area (Å²) in [7, 11) is 0. The number of carboxylic acid groups (broad SMARTS) is 1. The van der Waals surface area contributed by atoms with E-state index in [2.05, 4.69) is 5.32 Å². The van der Waals surface area contributed by atoms with E-state index in [0.717, 1.165) is 0 Å². The number of nitrogens with one attached hydrogen (secondary N) is 1. The number of aliphatic hydroxyl groups excluding tert-OH is 1. The van der Waals surface area contributed by atoms with Gasteiger partial charge in [0.05, 0.1) is 6.04 Å². The SMILES string of the molecule is CC(C)C(N)C(=O)NC(CCCCO)C(=O)O. The Balaban J connectivity index is 4.25. The van der Waals surface area contributed by atoms with Crippen LogP contribution in [0.15, 0.2) is 0 Å². The molecule has 17 heavy (non-hydrogen) atoms. The lowest BCUT2D eigenvalue weighted by atomic mass is 10.0. The van der Waals surface area contributed by atoms with E-state index in [-0.39, 0.29) is 12.5 Å². The number of hydrogen-bond acceptors (Lipinski definition) is 4. The summed E-state index contributed by atoms with van der Waals surface area (Å²) < 4.78 is 0. The average molecular weight is 246 g/mol. The van der Waals surface area contributed by atoms with Gasteiger partial charge in [-0.15, -0.1) is 0 Å². The van der Waals surface area contributed by atoms with Gasteiger partial charge in [0, 0.05) is 6.61 Å². The number of rotatable bonds is 8. The number of carboxylic acids is 1. The summed E-state index contributed by atoms with van der Waals surface area (Å²) in [6.45, 7) is 3.61. The number of unbranched alkanes of at least 4 members (excludes halogenated alkanes) is 1. The van der Waals surface area contributed by atoms with E-state index in [1.165, 1.54) is 0 Å². The molecule has 0 aromatic carbocycles. The largest absolute Gasteiger partial charge is 0.480 e. The van der Waals surface area contributed by atoms with Crippen molar-refractivity contribution >= 4 is 11.9 Å². The van der Waals surface area contributed by atoms with Gasteiger partial charge in [-0.05, 0) is 25.2 Å². The molecule has 5 N–H and O–H groups in total. The lowest BCUT2D eigenvalue weighted by Gasteiger charge is -2.19. The fourth-order valence-electron chi connectivity index (χ4n) is 1.29. The molecule has 0 aromatic rings. The van der Waals surface area contributed by atoms with Crippen molar-refractivity contribution in [3.8, 4) is 0 Å². The third kappa shape index (κ3) is 6.23. The van der Waals surface area contributed by atoms with Crippen molar-refractivity contribution in [1.82, 2.24) is 5.32 Å². The first-order valence-electron chi connectivity index (χ1n) is 5.79. The van der Waals surface area contributed by atoms with E-state index in [1.54, 1.807) is 13.8 Å². The van der Waals surface area contributed by atoms with Crippen LogP contribution in [0.2, 0.25) is 0 Å². The molecule has 6 heteroatoms. The van der Waals surface area contributed by atoms with Crippen molar-refractivity contribution in [3.63, 3.8) is 0 Å². The molecule has 0 rings (SSSR count). The Kier molecular flexibility index (Phi) is 7.49. The minimum Gasteiger partial charge on any atom is -0.480 e. The maximum atomic E-state index is 11.6. The molecule has 0 bridgehead atoms. The molecule has 1 amide bonds. The average Bonchev–Trinajstić information content (AvgIpc) is 2.26. The Morgan fingerprint density at radius 2 is 1.88 bits per heavy atom. The van der Waals surface area contributed by atoms with Crippen molar-refractivity contribution in [1.29, 1.82) is 0 Å². The van der Waals surface area contributed by atoms with Gasteiger partial charge in [0.15, 0.2) is 0 Å². The van der Waals surface area contributed by atoms with Crippen molar-refractivity contribution in [2.24, 2.45) is 11.7 Å². The maximum absolute atomic E-state index is 11.6. The van der Waals surface area contributed by atoms with Gasteiger partial charge < -0.3 is 21.3 Å². The highest BCUT2D eigenvalue weighted by Crippen LogP contribution is 2.03. The Bertz CT molecular complexity index is 256. The van der Waals surface area contributed by atoms with Crippen LogP contribution < -0.4 is 11.1 Å². The molecule has 0 heterocycles. The van der Waals surface area contributed by atoms with Gasteiger partial charge in [-0.25, -0.2) is 4.79 Å². The summed E-state index contributed by atoms with van der Waals surface area (Å²) in [5.41, 5.74) is 5.62. The lowest BCUT2D eigenvalue weighted by Crippen LogP contribution is -2.50. The zero-order valence-electron chi connectivity index (χ0n) is 10.3. The first-order valence-corrected chi connectivity index (χ1v) is 5.79. The molecule has 0 saturated heterocycles. The molecule has 0 aliphatic carbocycles. The second-order valence-electron chi connectivity index (χ2n) is 4.39. The van der Waals surface area contributed by atoms with Crippen LogP contribution in [-0.2, 0) is 9.59 Å². The molecule has 100 valence electrons. The molecule has 0 radical (unpaired) electrons. The van der Waals surface area contributed by atoms with Crippen molar-refractivity contribution in [3.05, 3.63) is 0 Å². The van der Waals surface area contributed by atoms with Crippen LogP contribution in [0.3, 0.4) is 0 Å². The van der Waals surface area contributed by atoms with Crippen LogP contribution in [0.1, 0.15) is 33.1 Å². The number of aliphatic carboxylic acids is 1. The van der Waals surface area contributed by atoms with Crippen molar-refractivity contribution < 1.29 is 19.8 Å². The van der Waals surface area contributed by atoms with Crippen LogP contribution in [-0.4, -0.2) is 40.8 Å². The fraction of sp³-hybridized carbons (Fsp3) is 0.818. The van der Waals surface area contributed by atoms with Gasteiger partial charge in [0.25, 0.3) is 0 Å². The number of aliphatic hydroxyl groups is 1. The summed E-state index contributed by atoms with van der Waals surface area (Å²) in [4.78, 5) is 22.5. The molecular formula is C11H22N2O4. The van der Waals surface area contributed by atoms with E-state index in [0.29, 0.717) is 19.3 Å². The summed E-state index contributed by atoms with van der Waals surface area (Å²) in [6.07, 6.45) is 1.37. The first-order chi connectivity index (χ1) is 7.90. The zero-order chi connectivity index (χ0) is 13.4. The summed E-state index contributed by atoms with van der Waals surface area (Å²) in [6, 6.07) is -1.63. The van der Waals surface area contributed by atoms with E-state index in [1.807, 2.05) is 0 Å². The smallest absolute Gasteiger partial charge is 0.326 e. The molecule has 0 aliphatic heterocycles. The van der Waals surface area contributed by atoms with E-state index in [9.17, 15) is 9.59 Å². The van der Waals surface area contributed by atoms with Crippen LogP contribution in [0.5, 0.6) is 0 Å². The minimum absolute atomic E-state index is 0.0196. The van der Waals surface area contributed by atoms with Gasteiger partial charge in [0.2, 0.25) is 5.91 Å². The maximum Gasteiger partial charge on any atom is 0.326 e. The Hall–Kier alpha value is -1.14. The van der Waals surface area contributed by atoms with Crippen LogP contribution in [0, 0.1) is 5.92 Å². The third-order valence-electron chi connectivity index (χ3n) is 2.54. The highest BCUT2D eigenvalue weighted by atomic mass is 16.4. The topological polar surface area (TPSA) is 113 Å². The number of carbonyl (C=O) groups excluding carboxylic acids is 1. The Morgan fingerprint density at radius 1 is 1.29 bits per heavy atom. The number of carbonyl (C=O) groups is 2. The highest BCUT2D eigenvalue weighted by Gasteiger charge is 2.24. The lowest BCUT2D eigenvalue weighted by molar-refractivity contribution is -0.142. The van der Waals surface area contributed by atoms with Gasteiger partial charge in [0.1, 0.15) is 6.04 Å². The quantitative estimate of drug-likeness (QED) is 0.439. The minimum atomic E-state index is -1.08. The van der Waals surface area contributed by atoms with Crippen LogP contribution >= 0.6 is 0 Å². The van der Waals surface area contributed by atoms with E-state index < -0.39 is 24.0 Å². The number of nitrogens with two attached hydrogens (primary N) is 1. The van der Waals surface area contributed by atoms with Gasteiger partial charge in [-0.3, -0.25) is 4.79 Å². The molecule has 0 saturated carbocycles. The second-order valence-corrected chi connectivity index (χ2v) is 4.39. The van der Waals surface area contributed by atoms with Crippen LogP contribution in [0.25, 0.3) is 0 Å². The molecule has 6 nitrogen and oxygen atoms in total. The molecule has 0 aliphatic rings. The van der Waals surface area contributed by atoms with Gasteiger partial charge in [-0.1, -0.05) is 13.8 Å². The predicted octanol–water partition coefficient (Wildman–Crippen LogP) is -0.298. The first kappa shape index (κ1) is 15.9. The van der Waals surface area contributed by atoms with Gasteiger partial charge >= 0.3 is 5.97 Å². The number of amides is 1. The molecule has 2 unspecified atom stereocenters. The Morgan fingerprint density at radius 3 is 2.29 bits per heavy atom. The fourth-order valence-corrected chi connectivity index (χ4v) is 1.29. The third-order valence-corrected chi connectivity index (χ3v) is 2.54. The number of hydrogen-bond donors (Lipinski definition) is 4. The Labute approximate surface area is 101 Å². The summed E-state index contributed by atoms with van der Waals surface area (Å²) in [5, 5.41) is 19.9. The van der Waals surface area contributed by atoms with Gasteiger partial charge in [-0.2, -0.15) is 0 Å². The van der Waals surface area contributed by atoms with Crippen molar-refractivity contribution in [2.75, 3.05) is 6.61 Å². The monoisotopic (exact) mass is 246 g/mol. The van der Waals surface area contributed by atoms with Crippen LogP contribution in [0.4, 0.5) is 0 Å². The molecule has 2 atom stereocenters. The molecule has 0 aromatic heterocycles. The second kappa shape index (κ2) is 8.03. The highest BCUT2D eigenvalue weighted by molar-refractivity contribution is 5.86. The molecule has 0 spiro atoms. The zero-order valence-corrected chi connectivity index (χ0v) is 10.3. The van der Waals surface area contributed by atoms with E-state index in [4.69, 9.17) is 15.9 Å². The standard InChI is InChI=1S/C11H22N2O4/c1-7(2)9(12)10(15)13-8(11(16)17)5-3-4-6-14/h7-9,14H,3-6,12H2,1-2H3,(H,13,15)(H,16,17). The predicted molar refractivity (Wildman–Crippen MR) is 63.3 cm³/mol. The van der Waals surface area contributed by atoms with E-state index >= 15 is 0 Å². The summed E-state index contributed by atoms with van der Waals surface area (Å²) >= 11 is 0. The molecular weight excluding hydrogens is 224 g/mol. The normalized spacial score (nSPS) is 14.4.